The molecule has 20 heavy (non-hydrogen) atoms. The van der Waals surface area contributed by atoms with Crippen LogP contribution in [0.15, 0.2) is 22.7 Å². The van der Waals surface area contributed by atoms with Gasteiger partial charge in [-0.1, -0.05) is 17.3 Å². The summed E-state index contributed by atoms with van der Waals surface area (Å²) in [4.78, 5) is 0. The molecule has 0 spiro atoms. The average Bonchev–Trinajstić information content (AvgIpc) is 2.73. The standard InChI is InChI=1S/C16H22N2O2/c1-10-5-14(7-12(3)17)6-11(2)16(10)19-9-15-8-13(4)18-20-15/h5-6,8,12H,7,9,17H2,1-4H3. The minimum absolute atomic E-state index is 0.165. The highest BCUT2D eigenvalue weighted by atomic mass is 16.5. The number of aromatic nitrogens is 1. The Morgan fingerprint density at radius 3 is 2.35 bits per heavy atom. The van der Waals surface area contributed by atoms with E-state index in [0.717, 1.165) is 34.8 Å². The van der Waals surface area contributed by atoms with Gasteiger partial charge in [0.25, 0.3) is 0 Å². The molecule has 0 aliphatic carbocycles. The molecule has 0 fully saturated rings. The van der Waals surface area contributed by atoms with E-state index in [0.29, 0.717) is 6.61 Å². The molecule has 4 heteroatoms. The van der Waals surface area contributed by atoms with Crippen LogP contribution in [0.5, 0.6) is 5.75 Å². The van der Waals surface area contributed by atoms with Crippen molar-refractivity contribution in [2.45, 2.75) is 46.8 Å². The molecule has 1 unspecified atom stereocenters. The zero-order valence-corrected chi connectivity index (χ0v) is 12.6. The van der Waals surface area contributed by atoms with Gasteiger partial charge in [0.1, 0.15) is 12.4 Å². The van der Waals surface area contributed by atoms with Gasteiger partial charge in [-0.15, -0.1) is 0 Å². The second-order valence-electron chi connectivity index (χ2n) is 5.46. The van der Waals surface area contributed by atoms with Gasteiger partial charge in [-0.2, -0.15) is 0 Å². The first kappa shape index (κ1) is 14.6. The lowest BCUT2D eigenvalue weighted by Crippen LogP contribution is -2.18. The Morgan fingerprint density at radius 2 is 1.85 bits per heavy atom. The Bertz CT molecular complexity index is 565. The third-order valence-electron chi connectivity index (χ3n) is 3.11. The topological polar surface area (TPSA) is 61.3 Å². The zero-order chi connectivity index (χ0) is 14.7. The quantitative estimate of drug-likeness (QED) is 0.910. The molecule has 0 saturated heterocycles. The van der Waals surface area contributed by atoms with Crippen LogP contribution in [0.3, 0.4) is 0 Å². The van der Waals surface area contributed by atoms with Crippen molar-refractivity contribution in [3.63, 3.8) is 0 Å². The van der Waals surface area contributed by atoms with Crippen molar-refractivity contribution >= 4 is 0 Å². The van der Waals surface area contributed by atoms with E-state index in [-0.39, 0.29) is 6.04 Å². The molecule has 108 valence electrons. The molecular formula is C16H22N2O2. The van der Waals surface area contributed by atoms with Gasteiger partial charge in [-0.25, -0.2) is 0 Å². The number of ether oxygens (including phenoxy) is 1. The summed E-state index contributed by atoms with van der Waals surface area (Å²) in [5.41, 5.74) is 10.2. The van der Waals surface area contributed by atoms with Crippen LogP contribution in [0.2, 0.25) is 0 Å². The molecule has 0 bridgehead atoms. The lowest BCUT2D eigenvalue weighted by molar-refractivity contribution is 0.246. The molecule has 1 aromatic carbocycles. The molecule has 1 atom stereocenters. The predicted molar refractivity (Wildman–Crippen MR) is 78.8 cm³/mol. The minimum atomic E-state index is 0.165. The lowest BCUT2D eigenvalue weighted by atomic mass is 10.0. The molecule has 1 aromatic heterocycles. The fourth-order valence-electron chi connectivity index (χ4n) is 2.38. The highest BCUT2D eigenvalue weighted by Gasteiger charge is 2.09. The van der Waals surface area contributed by atoms with Crippen LogP contribution >= 0.6 is 0 Å². The Balaban J connectivity index is 2.11. The highest BCUT2D eigenvalue weighted by Crippen LogP contribution is 2.26. The molecular weight excluding hydrogens is 252 g/mol. The molecule has 0 amide bonds. The predicted octanol–water partition coefficient (Wildman–Crippen LogP) is 3.07. The monoisotopic (exact) mass is 274 g/mol. The van der Waals surface area contributed by atoms with Gasteiger partial charge in [-0.3, -0.25) is 0 Å². The van der Waals surface area contributed by atoms with E-state index in [1.54, 1.807) is 0 Å². The van der Waals surface area contributed by atoms with Gasteiger partial charge in [0.15, 0.2) is 5.76 Å². The van der Waals surface area contributed by atoms with Crippen LogP contribution < -0.4 is 10.5 Å². The third-order valence-corrected chi connectivity index (χ3v) is 3.11. The summed E-state index contributed by atoms with van der Waals surface area (Å²) in [6.07, 6.45) is 0.878. The van der Waals surface area contributed by atoms with Crippen molar-refractivity contribution in [3.05, 3.63) is 46.3 Å². The molecule has 2 rings (SSSR count). The molecule has 0 aliphatic rings. The maximum absolute atomic E-state index is 5.86. The van der Waals surface area contributed by atoms with Crippen molar-refractivity contribution in [3.8, 4) is 5.75 Å². The van der Waals surface area contributed by atoms with Crippen molar-refractivity contribution in [2.75, 3.05) is 0 Å². The number of benzene rings is 1. The molecule has 0 radical (unpaired) electrons. The average molecular weight is 274 g/mol. The van der Waals surface area contributed by atoms with Crippen LogP contribution in [-0.2, 0) is 13.0 Å². The van der Waals surface area contributed by atoms with Crippen LogP contribution in [0.25, 0.3) is 0 Å². The van der Waals surface area contributed by atoms with Gasteiger partial charge in [0.05, 0.1) is 5.69 Å². The fourth-order valence-corrected chi connectivity index (χ4v) is 2.38. The Hall–Kier alpha value is -1.81. The second kappa shape index (κ2) is 6.09. The molecule has 2 N–H and O–H groups in total. The fraction of sp³-hybridized carbons (Fsp3) is 0.438. The number of nitrogens with two attached hydrogens (primary N) is 1. The summed E-state index contributed by atoms with van der Waals surface area (Å²) < 4.78 is 11.0. The largest absolute Gasteiger partial charge is 0.485 e. The van der Waals surface area contributed by atoms with E-state index in [9.17, 15) is 0 Å². The van der Waals surface area contributed by atoms with Gasteiger partial charge in [0, 0.05) is 12.1 Å². The number of rotatable bonds is 5. The summed E-state index contributed by atoms with van der Waals surface area (Å²) >= 11 is 0. The van der Waals surface area contributed by atoms with Crippen LogP contribution in [0.4, 0.5) is 0 Å². The zero-order valence-electron chi connectivity index (χ0n) is 12.6. The first-order valence-corrected chi connectivity index (χ1v) is 6.86. The Kier molecular flexibility index (Phi) is 4.45. The van der Waals surface area contributed by atoms with E-state index in [4.69, 9.17) is 15.0 Å². The smallest absolute Gasteiger partial charge is 0.174 e. The minimum Gasteiger partial charge on any atom is -0.485 e. The van der Waals surface area contributed by atoms with Crippen molar-refractivity contribution in [2.24, 2.45) is 5.73 Å². The number of hydrogen-bond donors (Lipinski definition) is 1. The molecule has 2 aromatic rings. The Morgan fingerprint density at radius 1 is 1.20 bits per heavy atom. The third kappa shape index (κ3) is 3.61. The van der Waals surface area contributed by atoms with E-state index in [2.05, 4.69) is 31.1 Å². The normalized spacial score (nSPS) is 12.4. The van der Waals surface area contributed by atoms with Crippen molar-refractivity contribution < 1.29 is 9.26 Å². The summed E-state index contributed by atoms with van der Waals surface area (Å²) in [6.45, 7) is 8.42. The summed E-state index contributed by atoms with van der Waals surface area (Å²) in [5.74, 6) is 1.65. The van der Waals surface area contributed by atoms with E-state index in [1.165, 1.54) is 5.56 Å². The van der Waals surface area contributed by atoms with Crippen LogP contribution in [0.1, 0.15) is 35.1 Å². The SMILES string of the molecule is Cc1cc(COc2c(C)cc(CC(C)N)cc2C)on1. The molecule has 0 saturated carbocycles. The number of hydrogen-bond acceptors (Lipinski definition) is 4. The molecule has 1 heterocycles. The van der Waals surface area contributed by atoms with Gasteiger partial charge < -0.3 is 15.0 Å². The summed E-state index contributed by atoms with van der Waals surface area (Å²) in [5, 5.41) is 3.85. The number of aryl methyl sites for hydroxylation is 3. The summed E-state index contributed by atoms with van der Waals surface area (Å²) in [6, 6.07) is 6.32. The van der Waals surface area contributed by atoms with Gasteiger partial charge in [-0.05, 0) is 50.8 Å². The van der Waals surface area contributed by atoms with Crippen LogP contribution in [-0.4, -0.2) is 11.2 Å². The first-order valence-electron chi connectivity index (χ1n) is 6.86. The Labute approximate surface area is 119 Å². The highest BCUT2D eigenvalue weighted by molar-refractivity contribution is 5.43. The lowest BCUT2D eigenvalue weighted by Gasteiger charge is -2.14. The van der Waals surface area contributed by atoms with Crippen molar-refractivity contribution in [1.82, 2.24) is 5.16 Å². The maximum atomic E-state index is 5.86. The van der Waals surface area contributed by atoms with E-state index < -0.39 is 0 Å². The molecule has 0 aliphatic heterocycles. The summed E-state index contributed by atoms with van der Waals surface area (Å²) in [7, 11) is 0. The van der Waals surface area contributed by atoms with Crippen molar-refractivity contribution in [1.29, 1.82) is 0 Å². The second-order valence-corrected chi connectivity index (χ2v) is 5.46. The first-order chi connectivity index (χ1) is 9.45. The van der Waals surface area contributed by atoms with E-state index >= 15 is 0 Å². The van der Waals surface area contributed by atoms with Crippen LogP contribution in [0, 0.1) is 20.8 Å². The number of nitrogens with zero attached hydrogens (tertiary/aromatic N) is 1. The van der Waals surface area contributed by atoms with Gasteiger partial charge >= 0.3 is 0 Å². The molecule has 4 nitrogen and oxygen atoms in total. The maximum Gasteiger partial charge on any atom is 0.174 e. The van der Waals surface area contributed by atoms with E-state index in [1.807, 2.05) is 19.9 Å². The van der Waals surface area contributed by atoms with Gasteiger partial charge in [0.2, 0.25) is 0 Å².